The highest BCUT2D eigenvalue weighted by Crippen LogP contribution is 2.30. The van der Waals surface area contributed by atoms with Gasteiger partial charge in [-0.05, 0) is 59.2 Å². The second-order valence-corrected chi connectivity index (χ2v) is 15.3. The second kappa shape index (κ2) is 16.3. The molecule has 6 N–H and O–H groups in total. The first-order valence-electron chi connectivity index (χ1n) is 15.6. The summed E-state index contributed by atoms with van der Waals surface area (Å²) in [6.07, 6.45) is -1.34. The van der Waals surface area contributed by atoms with Crippen molar-refractivity contribution in [1.82, 2.24) is 14.5 Å². The van der Waals surface area contributed by atoms with E-state index >= 15 is 0 Å². The van der Waals surface area contributed by atoms with Crippen LogP contribution in [0.3, 0.4) is 0 Å². The van der Waals surface area contributed by atoms with Gasteiger partial charge in [-0.3, -0.25) is 9.59 Å². The Morgan fingerprint density at radius 2 is 1.57 bits per heavy atom. The molecule has 0 radical (unpaired) electrons. The minimum atomic E-state index is -4.12. The minimum absolute atomic E-state index is 0.0239. The third kappa shape index (κ3) is 10.6. The first-order valence-corrected chi connectivity index (χ1v) is 17.1. The fourth-order valence-corrected chi connectivity index (χ4v) is 7.34. The third-order valence-corrected chi connectivity index (χ3v) is 9.52. The zero-order valence-electron chi connectivity index (χ0n) is 27.8. The lowest BCUT2D eigenvalue weighted by Gasteiger charge is -2.45. The number of nitrogens with zero attached hydrogens (tertiary/aromatic N) is 2. The minimum Gasteiger partial charge on any atom is -0.399 e. The van der Waals surface area contributed by atoms with E-state index in [1.807, 2.05) is 44.2 Å². The summed E-state index contributed by atoms with van der Waals surface area (Å²) in [5, 5.41) is 15.0. The van der Waals surface area contributed by atoms with Gasteiger partial charge >= 0.3 is 0 Å². The Kier molecular flexibility index (Phi) is 13.1. The summed E-state index contributed by atoms with van der Waals surface area (Å²) in [5.41, 5.74) is 12.7. The second-order valence-electron chi connectivity index (χ2n) is 13.3. The van der Waals surface area contributed by atoms with Gasteiger partial charge in [0.2, 0.25) is 21.8 Å². The Hall–Kier alpha value is -3.84. The van der Waals surface area contributed by atoms with Crippen molar-refractivity contribution in [3.8, 4) is 0 Å². The molecular formula is C35H48FN5O5S. The number of anilines is 1. The quantitative estimate of drug-likeness (QED) is 0.170. The third-order valence-electron chi connectivity index (χ3n) is 7.69. The molecule has 0 heterocycles. The van der Waals surface area contributed by atoms with E-state index in [1.54, 1.807) is 45.0 Å². The maximum absolute atomic E-state index is 14.2. The number of carbonyl (C=O) groups is 2. The molecule has 10 nitrogen and oxygen atoms in total. The molecule has 0 aliphatic heterocycles. The molecule has 0 spiro atoms. The van der Waals surface area contributed by atoms with Gasteiger partial charge < -0.3 is 26.8 Å². The topological polar surface area (TPSA) is 159 Å². The fourth-order valence-electron chi connectivity index (χ4n) is 5.66. The number of primary amides is 1. The molecule has 2 amide bonds. The van der Waals surface area contributed by atoms with E-state index in [9.17, 15) is 27.5 Å². The zero-order valence-corrected chi connectivity index (χ0v) is 28.6. The van der Waals surface area contributed by atoms with E-state index < -0.39 is 51.3 Å². The van der Waals surface area contributed by atoms with Crippen LogP contribution in [0.25, 0.3) is 0 Å². The first-order chi connectivity index (χ1) is 22.0. The molecule has 0 aliphatic carbocycles. The number of halogens is 1. The molecule has 3 aromatic rings. The average Bonchev–Trinajstić information content (AvgIpc) is 2.98. The number of benzene rings is 3. The number of sulfonamides is 1. The molecule has 0 saturated carbocycles. The van der Waals surface area contributed by atoms with Crippen molar-refractivity contribution in [3.63, 3.8) is 0 Å². The van der Waals surface area contributed by atoms with Crippen LogP contribution in [0.5, 0.6) is 0 Å². The van der Waals surface area contributed by atoms with Crippen LogP contribution in [0.4, 0.5) is 10.1 Å². The Morgan fingerprint density at radius 3 is 2.15 bits per heavy atom. The summed E-state index contributed by atoms with van der Waals surface area (Å²) in [4.78, 5) is 28.6. The van der Waals surface area contributed by atoms with E-state index in [2.05, 4.69) is 5.32 Å². The Bertz CT molecular complexity index is 1600. The van der Waals surface area contributed by atoms with Gasteiger partial charge in [-0.1, -0.05) is 83.1 Å². The molecule has 3 rings (SSSR count). The average molecular weight is 670 g/mol. The summed E-state index contributed by atoms with van der Waals surface area (Å²) >= 11 is 0. The van der Waals surface area contributed by atoms with Gasteiger partial charge in [-0.15, -0.1) is 0 Å². The maximum atomic E-state index is 14.2. The molecule has 256 valence electrons. The van der Waals surface area contributed by atoms with Crippen LogP contribution < -0.4 is 16.8 Å². The van der Waals surface area contributed by atoms with Crippen LogP contribution in [0.1, 0.15) is 45.7 Å². The van der Waals surface area contributed by atoms with Gasteiger partial charge in [0.25, 0.3) is 0 Å². The maximum Gasteiger partial charge on any atom is 0.243 e. The van der Waals surface area contributed by atoms with Gasteiger partial charge in [-0.2, -0.15) is 4.31 Å². The lowest BCUT2D eigenvalue weighted by molar-refractivity contribution is -0.149. The van der Waals surface area contributed by atoms with Crippen LogP contribution >= 0.6 is 0 Å². The number of amides is 2. The van der Waals surface area contributed by atoms with Gasteiger partial charge in [-0.25, -0.2) is 12.8 Å². The molecule has 0 fully saturated rings. The lowest BCUT2D eigenvalue weighted by atomic mass is 9.83. The van der Waals surface area contributed by atoms with Crippen LogP contribution in [-0.2, 0) is 32.6 Å². The van der Waals surface area contributed by atoms with E-state index in [4.69, 9.17) is 11.5 Å². The van der Waals surface area contributed by atoms with Crippen LogP contribution in [0, 0.1) is 17.2 Å². The number of aliphatic hydroxyl groups is 1. The highest BCUT2D eigenvalue weighted by molar-refractivity contribution is 7.89. The number of hydrogen-bond donors (Lipinski definition) is 4. The predicted molar refractivity (Wildman–Crippen MR) is 182 cm³/mol. The highest BCUT2D eigenvalue weighted by Gasteiger charge is 2.44. The molecule has 12 heteroatoms. The van der Waals surface area contributed by atoms with Crippen molar-refractivity contribution >= 4 is 27.5 Å². The number of hydrogen-bond acceptors (Lipinski definition) is 7. The number of carbonyl (C=O) groups excluding carboxylic acids is 2. The van der Waals surface area contributed by atoms with Gasteiger partial charge in [0.1, 0.15) is 11.9 Å². The summed E-state index contributed by atoms with van der Waals surface area (Å²) < 4.78 is 42.8. The molecule has 0 aromatic heterocycles. The highest BCUT2D eigenvalue weighted by atomic mass is 32.2. The SMILES string of the molecule is CC(C)CN(C[C@@H](O)[C@H](Cc1ccccc1)N(C(=O)CNCc1cccc(F)c1)[C@H](C(N)=O)C(C)(C)C)S(=O)(=O)c1cccc(N)c1. The van der Waals surface area contributed by atoms with Crippen molar-refractivity contribution in [2.75, 3.05) is 25.4 Å². The molecule has 47 heavy (non-hydrogen) atoms. The Balaban J connectivity index is 2.07. The molecule has 0 saturated heterocycles. The van der Waals surface area contributed by atoms with Crippen molar-refractivity contribution in [3.05, 3.63) is 95.8 Å². The van der Waals surface area contributed by atoms with Crippen LogP contribution in [0.2, 0.25) is 0 Å². The van der Waals surface area contributed by atoms with E-state index in [1.165, 1.54) is 33.5 Å². The standard InChI is InChI=1S/C35H48FN5O5S/c1-24(2)22-40(47(45,46)29-16-10-15-28(37)19-29)23-31(42)30(18-25-11-7-6-8-12-25)41(33(34(38)44)35(3,4)5)32(43)21-39-20-26-13-9-14-27(36)17-26/h6-17,19,24,30-31,33,39,42H,18,20-23,37H2,1-5H3,(H2,38,44)/t30-,31+,33+/m0/s1. The summed E-state index contributed by atoms with van der Waals surface area (Å²) in [6, 6.07) is 18.8. The molecule has 0 aliphatic rings. The Labute approximate surface area is 278 Å². The van der Waals surface area contributed by atoms with Gasteiger partial charge in [0.05, 0.1) is 23.6 Å². The van der Waals surface area contributed by atoms with Crippen molar-refractivity contribution in [2.24, 2.45) is 17.1 Å². The van der Waals surface area contributed by atoms with E-state index in [0.29, 0.717) is 5.56 Å². The largest absolute Gasteiger partial charge is 0.399 e. The fraction of sp³-hybridized carbons (Fsp3) is 0.429. The summed E-state index contributed by atoms with van der Waals surface area (Å²) in [5.74, 6) is -1.82. The number of aliphatic hydroxyl groups excluding tert-OH is 1. The zero-order chi connectivity index (χ0) is 34.9. The van der Waals surface area contributed by atoms with E-state index in [-0.39, 0.29) is 49.1 Å². The Morgan fingerprint density at radius 1 is 0.936 bits per heavy atom. The van der Waals surface area contributed by atoms with Gasteiger partial charge in [0, 0.05) is 25.3 Å². The van der Waals surface area contributed by atoms with E-state index in [0.717, 1.165) is 5.56 Å². The van der Waals surface area contributed by atoms with Crippen LogP contribution in [0.15, 0.2) is 83.8 Å². The first kappa shape index (κ1) is 37.6. The molecule has 0 bridgehead atoms. The van der Waals surface area contributed by atoms with Crippen LogP contribution in [-0.4, -0.2) is 72.4 Å². The lowest BCUT2D eigenvalue weighted by Crippen LogP contribution is -2.63. The number of nitrogen functional groups attached to an aromatic ring is 1. The van der Waals surface area contributed by atoms with Crippen molar-refractivity contribution in [1.29, 1.82) is 0 Å². The molecule has 3 atom stereocenters. The summed E-state index contributed by atoms with van der Waals surface area (Å²) in [6.45, 7) is 8.64. The predicted octanol–water partition coefficient (Wildman–Crippen LogP) is 3.55. The number of rotatable bonds is 16. The molecule has 3 aromatic carbocycles. The smallest absolute Gasteiger partial charge is 0.243 e. The van der Waals surface area contributed by atoms with Crippen molar-refractivity contribution < 1.29 is 27.5 Å². The summed E-state index contributed by atoms with van der Waals surface area (Å²) in [7, 11) is -4.12. The molecule has 0 unspecified atom stereocenters. The van der Waals surface area contributed by atoms with Crippen molar-refractivity contribution in [2.45, 2.75) is 70.7 Å². The van der Waals surface area contributed by atoms with Gasteiger partial charge in [0.15, 0.2) is 0 Å². The number of nitrogens with one attached hydrogen (secondary N) is 1. The molecular weight excluding hydrogens is 621 g/mol. The monoisotopic (exact) mass is 669 g/mol. The number of nitrogens with two attached hydrogens (primary N) is 2. The normalized spacial score (nSPS) is 14.1.